The maximum atomic E-state index is 6.34. The van der Waals surface area contributed by atoms with Gasteiger partial charge in [-0.1, -0.05) is 17.7 Å². The van der Waals surface area contributed by atoms with Crippen LogP contribution in [0.4, 0.5) is 5.69 Å². The molecule has 0 N–H and O–H groups in total. The van der Waals surface area contributed by atoms with E-state index in [4.69, 9.17) is 25.5 Å². The van der Waals surface area contributed by atoms with Gasteiger partial charge in [0.15, 0.2) is 17.1 Å². The van der Waals surface area contributed by atoms with E-state index in [1.165, 1.54) is 0 Å². The standard InChI is InChI=1S/C22H14BrClN2O3/c1-12-2-5-19-18(6-12)26-22(29-19)13-3-4-15(23)17(7-13)25-10-14-8-20-21(9-16(14)24)28-11-27-20/h2-10H,11H2,1H3. The first-order valence-corrected chi connectivity index (χ1v) is 10.0. The van der Waals surface area contributed by atoms with Crippen LogP contribution in [0.5, 0.6) is 11.5 Å². The van der Waals surface area contributed by atoms with E-state index in [9.17, 15) is 0 Å². The van der Waals surface area contributed by atoms with Crippen molar-refractivity contribution in [2.45, 2.75) is 6.92 Å². The van der Waals surface area contributed by atoms with E-state index in [0.29, 0.717) is 22.4 Å². The van der Waals surface area contributed by atoms with Crippen molar-refractivity contribution in [3.8, 4) is 23.0 Å². The van der Waals surface area contributed by atoms with E-state index in [1.54, 1.807) is 12.3 Å². The van der Waals surface area contributed by atoms with E-state index < -0.39 is 0 Å². The van der Waals surface area contributed by atoms with Gasteiger partial charge in [-0.25, -0.2) is 4.98 Å². The van der Waals surface area contributed by atoms with Crippen LogP contribution in [-0.2, 0) is 0 Å². The molecule has 0 fully saturated rings. The van der Waals surface area contributed by atoms with Crippen molar-refractivity contribution in [1.29, 1.82) is 0 Å². The molecule has 4 aromatic rings. The fourth-order valence-electron chi connectivity index (χ4n) is 3.08. The molecule has 144 valence electrons. The highest BCUT2D eigenvalue weighted by molar-refractivity contribution is 9.10. The Morgan fingerprint density at radius 1 is 1.07 bits per heavy atom. The van der Waals surface area contributed by atoms with Gasteiger partial charge in [-0.2, -0.15) is 0 Å². The largest absolute Gasteiger partial charge is 0.454 e. The van der Waals surface area contributed by atoms with E-state index in [2.05, 4.69) is 25.9 Å². The second kappa shape index (κ2) is 7.21. The molecule has 0 bridgehead atoms. The van der Waals surface area contributed by atoms with Crippen LogP contribution >= 0.6 is 27.5 Å². The van der Waals surface area contributed by atoms with Gasteiger partial charge in [-0.15, -0.1) is 0 Å². The molecular weight excluding hydrogens is 456 g/mol. The average molecular weight is 470 g/mol. The van der Waals surface area contributed by atoms with Crippen LogP contribution in [0.25, 0.3) is 22.6 Å². The summed E-state index contributed by atoms with van der Waals surface area (Å²) in [5.41, 5.74) is 5.04. The summed E-state index contributed by atoms with van der Waals surface area (Å²) in [7, 11) is 0. The topological polar surface area (TPSA) is 56.9 Å². The molecule has 2 heterocycles. The molecule has 3 aromatic carbocycles. The Bertz CT molecular complexity index is 1280. The van der Waals surface area contributed by atoms with E-state index in [1.807, 2.05) is 49.4 Å². The zero-order chi connectivity index (χ0) is 20.0. The number of halogens is 2. The van der Waals surface area contributed by atoms with Gasteiger partial charge in [-0.3, -0.25) is 4.99 Å². The molecule has 5 nitrogen and oxygen atoms in total. The number of nitrogens with zero attached hydrogens (tertiary/aromatic N) is 2. The molecule has 0 radical (unpaired) electrons. The van der Waals surface area contributed by atoms with Crippen LogP contribution in [0.1, 0.15) is 11.1 Å². The minimum absolute atomic E-state index is 0.198. The van der Waals surface area contributed by atoms with E-state index in [-0.39, 0.29) is 6.79 Å². The lowest BCUT2D eigenvalue weighted by molar-refractivity contribution is 0.174. The summed E-state index contributed by atoms with van der Waals surface area (Å²) in [6, 6.07) is 15.3. The minimum Gasteiger partial charge on any atom is -0.454 e. The molecule has 0 spiro atoms. The smallest absolute Gasteiger partial charge is 0.231 e. The number of oxazole rings is 1. The number of hydrogen-bond acceptors (Lipinski definition) is 5. The highest BCUT2D eigenvalue weighted by atomic mass is 79.9. The SMILES string of the molecule is Cc1ccc2oc(-c3ccc(Br)c(N=Cc4cc5c(cc4Cl)OCO5)c3)nc2c1. The molecule has 0 saturated heterocycles. The molecule has 29 heavy (non-hydrogen) atoms. The number of fused-ring (bicyclic) bond motifs is 2. The maximum absolute atomic E-state index is 6.34. The maximum Gasteiger partial charge on any atom is 0.231 e. The summed E-state index contributed by atoms with van der Waals surface area (Å²) >= 11 is 9.88. The van der Waals surface area contributed by atoms with Gasteiger partial charge in [-0.05, 0) is 64.8 Å². The van der Waals surface area contributed by atoms with Crippen molar-refractivity contribution >= 4 is 50.5 Å². The third-order valence-corrected chi connectivity index (χ3v) is 5.57. The summed E-state index contributed by atoms with van der Waals surface area (Å²) in [6.07, 6.45) is 1.70. The Labute approximate surface area is 180 Å². The normalized spacial score (nSPS) is 12.9. The first-order chi connectivity index (χ1) is 14.1. The minimum atomic E-state index is 0.198. The fraction of sp³-hybridized carbons (Fsp3) is 0.0909. The van der Waals surface area contributed by atoms with E-state index >= 15 is 0 Å². The van der Waals surface area contributed by atoms with Crippen molar-refractivity contribution in [2.24, 2.45) is 4.99 Å². The first-order valence-electron chi connectivity index (χ1n) is 8.87. The lowest BCUT2D eigenvalue weighted by atomic mass is 10.2. The van der Waals surface area contributed by atoms with Crippen LogP contribution in [-0.4, -0.2) is 18.0 Å². The number of aliphatic imine (C=N–C) groups is 1. The van der Waals surface area contributed by atoms with Crippen molar-refractivity contribution in [3.05, 3.63) is 69.2 Å². The third kappa shape index (κ3) is 3.50. The number of aryl methyl sites for hydroxylation is 1. The zero-order valence-electron chi connectivity index (χ0n) is 15.3. The average Bonchev–Trinajstić information content (AvgIpc) is 3.33. The molecule has 1 aliphatic rings. The van der Waals surface area contributed by atoms with Gasteiger partial charge < -0.3 is 13.9 Å². The molecule has 0 saturated carbocycles. The molecule has 0 aliphatic carbocycles. The first kappa shape index (κ1) is 18.2. The number of ether oxygens (including phenoxy) is 2. The van der Waals surface area contributed by atoms with Gasteiger partial charge in [0.1, 0.15) is 5.52 Å². The summed E-state index contributed by atoms with van der Waals surface area (Å²) in [6.45, 7) is 2.23. The van der Waals surface area contributed by atoms with Crippen LogP contribution in [0.3, 0.4) is 0 Å². The Balaban J connectivity index is 1.50. The van der Waals surface area contributed by atoms with Crippen molar-refractivity contribution in [2.75, 3.05) is 6.79 Å². The molecule has 0 unspecified atom stereocenters. The van der Waals surface area contributed by atoms with Crippen LogP contribution < -0.4 is 9.47 Å². The number of aromatic nitrogens is 1. The molecule has 1 aliphatic heterocycles. The van der Waals surface area contributed by atoms with Crippen molar-refractivity contribution < 1.29 is 13.9 Å². The summed E-state index contributed by atoms with van der Waals surface area (Å²) in [5.74, 6) is 1.85. The molecule has 7 heteroatoms. The molecule has 0 atom stereocenters. The highest BCUT2D eigenvalue weighted by Gasteiger charge is 2.16. The number of benzene rings is 3. The Morgan fingerprint density at radius 3 is 2.76 bits per heavy atom. The van der Waals surface area contributed by atoms with Gasteiger partial charge in [0, 0.05) is 27.9 Å². The fourth-order valence-corrected chi connectivity index (χ4v) is 3.63. The molecule has 1 aromatic heterocycles. The van der Waals surface area contributed by atoms with Gasteiger partial charge in [0.25, 0.3) is 0 Å². The summed E-state index contributed by atoms with van der Waals surface area (Å²) < 4.78 is 17.5. The second-order valence-electron chi connectivity index (χ2n) is 6.64. The van der Waals surface area contributed by atoms with Gasteiger partial charge >= 0.3 is 0 Å². The van der Waals surface area contributed by atoms with Crippen LogP contribution in [0.2, 0.25) is 5.02 Å². The van der Waals surface area contributed by atoms with Gasteiger partial charge in [0.05, 0.1) is 10.7 Å². The monoisotopic (exact) mass is 468 g/mol. The lowest BCUT2D eigenvalue weighted by Gasteiger charge is -2.03. The predicted octanol–water partition coefficient (Wildman–Crippen LogP) is 6.70. The number of rotatable bonds is 3. The van der Waals surface area contributed by atoms with Crippen LogP contribution in [0.15, 0.2) is 62.4 Å². The predicted molar refractivity (Wildman–Crippen MR) is 117 cm³/mol. The van der Waals surface area contributed by atoms with Gasteiger partial charge in [0.2, 0.25) is 12.7 Å². The zero-order valence-corrected chi connectivity index (χ0v) is 17.6. The quantitative estimate of drug-likeness (QED) is 0.313. The highest BCUT2D eigenvalue weighted by Crippen LogP contribution is 2.37. The molecule has 5 rings (SSSR count). The Morgan fingerprint density at radius 2 is 1.90 bits per heavy atom. The van der Waals surface area contributed by atoms with E-state index in [0.717, 1.165) is 38.0 Å². The van der Waals surface area contributed by atoms with Crippen LogP contribution in [0, 0.1) is 6.92 Å². The molecular formula is C22H14BrClN2O3. The number of hydrogen-bond donors (Lipinski definition) is 0. The third-order valence-electron chi connectivity index (χ3n) is 4.57. The second-order valence-corrected chi connectivity index (χ2v) is 7.90. The Hall–Kier alpha value is -2.83. The summed E-state index contributed by atoms with van der Waals surface area (Å²) in [5, 5.41) is 0.541. The van der Waals surface area contributed by atoms with Crippen molar-refractivity contribution in [1.82, 2.24) is 4.98 Å². The Kier molecular flexibility index (Phi) is 4.53. The van der Waals surface area contributed by atoms with Crippen molar-refractivity contribution in [3.63, 3.8) is 0 Å². The summed E-state index contributed by atoms with van der Waals surface area (Å²) in [4.78, 5) is 9.20. The molecule has 0 amide bonds. The lowest BCUT2D eigenvalue weighted by Crippen LogP contribution is -1.92.